The van der Waals surface area contributed by atoms with Gasteiger partial charge in [-0.2, -0.15) is 0 Å². The average molecular weight is 265 g/mol. The second-order valence-corrected chi connectivity index (χ2v) is 4.13. The van der Waals surface area contributed by atoms with Crippen LogP contribution < -0.4 is 10.5 Å². The molecule has 1 heterocycles. The van der Waals surface area contributed by atoms with Gasteiger partial charge in [0, 0.05) is 12.7 Å². The molecule has 0 bridgehead atoms. The fourth-order valence-electron chi connectivity index (χ4n) is 1.62. The minimum atomic E-state index is -0.507. The number of carbonyl (C=O) groups is 1. The van der Waals surface area contributed by atoms with Crippen LogP contribution in [-0.4, -0.2) is 10.5 Å². The van der Waals surface area contributed by atoms with Gasteiger partial charge in [0.25, 0.3) is 0 Å². The van der Waals surface area contributed by atoms with E-state index in [1.54, 1.807) is 41.1 Å². The largest absolute Gasteiger partial charge is 0.421 e. The number of nitrogens with zero attached hydrogens (tertiary/aromatic N) is 1. The molecule has 0 saturated heterocycles. The first-order chi connectivity index (χ1) is 8.63. The molecule has 0 aliphatic carbocycles. The summed E-state index contributed by atoms with van der Waals surface area (Å²) in [6, 6.07) is 8.44. The van der Waals surface area contributed by atoms with E-state index < -0.39 is 5.97 Å². The third-order valence-corrected chi connectivity index (χ3v) is 2.92. The van der Waals surface area contributed by atoms with E-state index in [4.69, 9.17) is 22.1 Å². The van der Waals surface area contributed by atoms with E-state index in [1.165, 1.54) is 0 Å². The van der Waals surface area contributed by atoms with Gasteiger partial charge >= 0.3 is 5.97 Å². The summed E-state index contributed by atoms with van der Waals surface area (Å²) >= 11 is 5.91. The summed E-state index contributed by atoms with van der Waals surface area (Å²) in [6.45, 7) is 2.64. The lowest BCUT2D eigenvalue weighted by molar-refractivity contribution is 0.0736. The van der Waals surface area contributed by atoms with Gasteiger partial charge < -0.3 is 15.0 Å². The predicted octanol–water partition coefficient (Wildman–Crippen LogP) is 2.96. The minimum Gasteiger partial charge on any atom is -0.421 e. The van der Waals surface area contributed by atoms with E-state index in [2.05, 4.69) is 0 Å². The Kier molecular flexibility index (Phi) is 3.58. The summed E-state index contributed by atoms with van der Waals surface area (Å²) in [6.07, 6.45) is 1.75. The maximum Gasteiger partial charge on any atom is 0.347 e. The van der Waals surface area contributed by atoms with Crippen molar-refractivity contribution in [2.45, 2.75) is 13.5 Å². The van der Waals surface area contributed by atoms with Gasteiger partial charge in [0.05, 0.1) is 5.02 Å². The molecule has 18 heavy (non-hydrogen) atoms. The number of nitrogen functional groups attached to an aromatic ring is 1. The van der Waals surface area contributed by atoms with Crippen LogP contribution in [0.3, 0.4) is 0 Å². The van der Waals surface area contributed by atoms with Crippen LogP contribution in [-0.2, 0) is 6.54 Å². The van der Waals surface area contributed by atoms with Crippen molar-refractivity contribution in [1.82, 2.24) is 4.57 Å². The van der Waals surface area contributed by atoms with Gasteiger partial charge in [0.2, 0.25) is 0 Å². The van der Waals surface area contributed by atoms with Crippen LogP contribution in [0.25, 0.3) is 0 Å². The molecule has 2 N–H and O–H groups in total. The average Bonchev–Trinajstić information content (AvgIpc) is 2.73. The van der Waals surface area contributed by atoms with Gasteiger partial charge in [-0.3, -0.25) is 0 Å². The topological polar surface area (TPSA) is 57.2 Å². The first-order valence-electron chi connectivity index (χ1n) is 5.54. The standard InChI is InChI=1S/C13H13ClN2O2/c1-2-16-8-7-9(12(16)15)13(17)18-11-6-4-3-5-10(11)14/h3-8H,2,15H2,1H3. The molecule has 4 nitrogen and oxygen atoms in total. The number of benzene rings is 1. The van der Waals surface area contributed by atoms with Gasteiger partial charge in [-0.25, -0.2) is 4.79 Å². The molecule has 0 spiro atoms. The van der Waals surface area contributed by atoms with Crippen molar-refractivity contribution in [3.05, 3.63) is 47.1 Å². The zero-order valence-electron chi connectivity index (χ0n) is 9.89. The van der Waals surface area contributed by atoms with E-state index in [0.29, 0.717) is 28.7 Å². The Hall–Kier alpha value is -1.94. The quantitative estimate of drug-likeness (QED) is 0.685. The molecule has 5 heteroatoms. The highest BCUT2D eigenvalue weighted by molar-refractivity contribution is 6.32. The van der Waals surface area contributed by atoms with Gasteiger partial charge in [0.1, 0.15) is 17.1 Å². The molecule has 0 unspecified atom stereocenters. The Balaban J connectivity index is 2.22. The Labute approximate surface area is 110 Å². The van der Waals surface area contributed by atoms with Crippen molar-refractivity contribution < 1.29 is 9.53 Å². The van der Waals surface area contributed by atoms with E-state index >= 15 is 0 Å². The lowest BCUT2D eigenvalue weighted by Crippen LogP contribution is -2.11. The summed E-state index contributed by atoms with van der Waals surface area (Å²) in [5.41, 5.74) is 6.18. The SMILES string of the molecule is CCn1ccc(C(=O)Oc2ccccc2Cl)c1N. The zero-order chi connectivity index (χ0) is 13.1. The van der Waals surface area contributed by atoms with Crippen LogP contribution in [0.5, 0.6) is 5.75 Å². The van der Waals surface area contributed by atoms with Crippen molar-refractivity contribution in [2.24, 2.45) is 0 Å². The second kappa shape index (κ2) is 5.14. The van der Waals surface area contributed by atoms with E-state index in [1.807, 2.05) is 6.92 Å². The molecular weight excluding hydrogens is 252 g/mol. The summed E-state index contributed by atoms with van der Waals surface area (Å²) in [4.78, 5) is 11.9. The fraction of sp³-hybridized carbons (Fsp3) is 0.154. The highest BCUT2D eigenvalue weighted by atomic mass is 35.5. The van der Waals surface area contributed by atoms with Crippen LogP contribution in [0, 0.1) is 0 Å². The molecule has 0 atom stereocenters. The number of aryl methyl sites for hydroxylation is 1. The van der Waals surface area contributed by atoms with Crippen LogP contribution in [0.15, 0.2) is 36.5 Å². The molecule has 0 aliphatic rings. The molecule has 0 radical (unpaired) electrons. The first-order valence-corrected chi connectivity index (χ1v) is 5.92. The number of ether oxygens (including phenoxy) is 1. The van der Waals surface area contributed by atoms with Crippen LogP contribution >= 0.6 is 11.6 Å². The van der Waals surface area contributed by atoms with Crippen LogP contribution in [0.4, 0.5) is 5.82 Å². The van der Waals surface area contributed by atoms with Gasteiger partial charge in [-0.15, -0.1) is 0 Å². The molecule has 2 aromatic rings. The highest BCUT2D eigenvalue weighted by Gasteiger charge is 2.16. The lowest BCUT2D eigenvalue weighted by atomic mass is 10.3. The Morgan fingerprint density at radius 3 is 2.72 bits per heavy atom. The number of aromatic nitrogens is 1. The van der Waals surface area contributed by atoms with Gasteiger partial charge in [-0.05, 0) is 25.1 Å². The molecule has 0 saturated carbocycles. The molecule has 1 aromatic heterocycles. The Morgan fingerprint density at radius 2 is 2.11 bits per heavy atom. The number of para-hydroxylation sites is 1. The number of esters is 1. The van der Waals surface area contributed by atoms with Crippen molar-refractivity contribution in [3.63, 3.8) is 0 Å². The number of hydrogen-bond acceptors (Lipinski definition) is 3. The number of nitrogens with two attached hydrogens (primary N) is 1. The van der Waals surface area contributed by atoms with Crippen molar-refractivity contribution in [1.29, 1.82) is 0 Å². The highest BCUT2D eigenvalue weighted by Crippen LogP contribution is 2.25. The molecule has 0 amide bonds. The van der Waals surface area contributed by atoms with Crippen LogP contribution in [0.2, 0.25) is 5.02 Å². The lowest BCUT2D eigenvalue weighted by Gasteiger charge is -2.06. The zero-order valence-corrected chi connectivity index (χ0v) is 10.6. The summed E-state index contributed by atoms with van der Waals surface area (Å²) in [7, 11) is 0. The van der Waals surface area contributed by atoms with Crippen molar-refractivity contribution in [2.75, 3.05) is 5.73 Å². The maximum absolute atomic E-state index is 11.9. The second-order valence-electron chi connectivity index (χ2n) is 3.72. The van der Waals surface area contributed by atoms with E-state index in [9.17, 15) is 4.79 Å². The minimum absolute atomic E-state index is 0.327. The summed E-state index contributed by atoms with van der Waals surface area (Å²) < 4.78 is 6.97. The summed E-state index contributed by atoms with van der Waals surface area (Å²) in [5, 5.41) is 0.388. The number of hydrogen-bond donors (Lipinski definition) is 1. The molecule has 0 aliphatic heterocycles. The molecule has 2 rings (SSSR count). The third kappa shape index (κ3) is 2.33. The van der Waals surface area contributed by atoms with Gasteiger partial charge in [-0.1, -0.05) is 23.7 Å². The number of halogens is 1. The first kappa shape index (κ1) is 12.5. The maximum atomic E-state index is 11.9. The molecule has 94 valence electrons. The molecule has 0 fully saturated rings. The number of rotatable bonds is 3. The van der Waals surface area contributed by atoms with Gasteiger partial charge in [0.15, 0.2) is 0 Å². The normalized spacial score (nSPS) is 10.3. The fourth-order valence-corrected chi connectivity index (χ4v) is 1.79. The third-order valence-electron chi connectivity index (χ3n) is 2.61. The monoisotopic (exact) mass is 264 g/mol. The molecular formula is C13H13ClN2O2. The van der Waals surface area contributed by atoms with E-state index in [-0.39, 0.29) is 0 Å². The Morgan fingerprint density at radius 1 is 1.39 bits per heavy atom. The smallest absolute Gasteiger partial charge is 0.347 e. The van der Waals surface area contributed by atoms with Crippen molar-refractivity contribution in [3.8, 4) is 5.75 Å². The number of carbonyl (C=O) groups excluding carboxylic acids is 1. The van der Waals surface area contributed by atoms with E-state index in [0.717, 1.165) is 0 Å². The molecule has 1 aromatic carbocycles. The summed E-state index contributed by atoms with van der Waals surface area (Å²) in [5.74, 6) is 0.218. The Bertz CT molecular complexity index is 578. The predicted molar refractivity (Wildman–Crippen MR) is 70.9 cm³/mol. The number of anilines is 1. The van der Waals surface area contributed by atoms with Crippen molar-refractivity contribution >= 4 is 23.4 Å². The van der Waals surface area contributed by atoms with Crippen LogP contribution in [0.1, 0.15) is 17.3 Å².